The number of benzene rings is 3. The smallest absolute Gasteiger partial charge is 0.191 e. The molecule has 0 spiro atoms. The first-order valence-electron chi connectivity index (χ1n) is 10.6. The highest BCUT2D eigenvalue weighted by molar-refractivity contribution is 14.0. The second kappa shape index (κ2) is 14.4. The Kier molecular flexibility index (Phi) is 11.5. The third kappa shape index (κ3) is 8.25. The van der Waals surface area contributed by atoms with Gasteiger partial charge in [0.05, 0.1) is 27.4 Å². The van der Waals surface area contributed by atoms with Crippen LogP contribution in [0.2, 0.25) is 0 Å². The Labute approximate surface area is 213 Å². The van der Waals surface area contributed by atoms with E-state index in [1.807, 2.05) is 48.5 Å². The molecule has 3 rings (SSSR count). The summed E-state index contributed by atoms with van der Waals surface area (Å²) in [7, 11) is 5.03. The highest BCUT2D eigenvalue weighted by Crippen LogP contribution is 2.27. The first-order valence-corrected chi connectivity index (χ1v) is 10.6. The van der Waals surface area contributed by atoms with E-state index in [2.05, 4.69) is 39.9 Å². The van der Waals surface area contributed by atoms with Crippen LogP contribution in [0.4, 0.5) is 0 Å². The maximum atomic E-state index is 5.93. The van der Waals surface area contributed by atoms with Crippen molar-refractivity contribution in [2.24, 2.45) is 4.99 Å². The van der Waals surface area contributed by atoms with Crippen molar-refractivity contribution in [1.82, 2.24) is 10.6 Å². The highest BCUT2D eigenvalue weighted by atomic mass is 127. The maximum Gasteiger partial charge on any atom is 0.191 e. The molecule has 0 aliphatic rings. The third-order valence-electron chi connectivity index (χ3n) is 5.07. The van der Waals surface area contributed by atoms with Gasteiger partial charge in [0.25, 0.3) is 0 Å². The maximum absolute atomic E-state index is 5.93. The van der Waals surface area contributed by atoms with Gasteiger partial charge in [0.1, 0.15) is 0 Å². The molecule has 3 aromatic rings. The first-order chi connectivity index (χ1) is 15.7. The van der Waals surface area contributed by atoms with Crippen molar-refractivity contribution in [3.63, 3.8) is 0 Å². The van der Waals surface area contributed by atoms with Crippen molar-refractivity contribution in [3.8, 4) is 11.5 Å². The first kappa shape index (κ1) is 26.5. The quantitative estimate of drug-likeness (QED) is 0.210. The van der Waals surface area contributed by atoms with Crippen molar-refractivity contribution >= 4 is 29.9 Å². The minimum Gasteiger partial charge on any atom is -0.493 e. The Morgan fingerprint density at radius 1 is 0.727 bits per heavy atom. The van der Waals surface area contributed by atoms with Crippen LogP contribution in [0, 0.1) is 0 Å². The summed E-state index contributed by atoms with van der Waals surface area (Å²) in [5.74, 6) is 2.14. The minimum atomic E-state index is 0. The van der Waals surface area contributed by atoms with Crippen molar-refractivity contribution in [2.75, 3.05) is 21.3 Å². The van der Waals surface area contributed by atoms with Crippen molar-refractivity contribution in [3.05, 3.63) is 95.1 Å². The van der Waals surface area contributed by atoms with Gasteiger partial charge in [-0.05, 0) is 34.4 Å². The molecule has 0 atom stereocenters. The molecular weight excluding hydrogens is 529 g/mol. The Hall–Kier alpha value is -2.78. The molecule has 0 amide bonds. The van der Waals surface area contributed by atoms with Crippen molar-refractivity contribution in [1.29, 1.82) is 0 Å². The largest absolute Gasteiger partial charge is 0.493 e. The number of ether oxygens (including phenoxy) is 3. The molecule has 0 aromatic heterocycles. The molecule has 0 saturated carbocycles. The zero-order valence-corrected chi connectivity index (χ0v) is 21.7. The third-order valence-corrected chi connectivity index (χ3v) is 5.07. The van der Waals surface area contributed by atoms with Gasteiger partial charge in [0.15, 0.2) is 17.5 Å². The predicted octanol–water partition coefficient (Wildman–Crippen LogP) is 4.90. The van der Waals surface area contributed by atoms with E-state index in [-0.39, 0.29) is 24.0 Å². The number of aliphatic imine (C=N–C) groups is 1. The highest BCUT2D eigenvalue weighted by Gasteiger charge is 2.07. The van der Waals surface area contributed by atoms with E-state index in [1.165, 1.54) is 11.1 Å². The van der Waals surface area contributed by atoms with Crippen LogP contribution >= 0.6 is 24.0 Å². The van der Waals surface area contributed by atoms with Crippen LogP contribution in [-0.4, -0.2) is 27.2 Å². The lowest BCUT2D eigenvalue weighted by atomic mass is 10.1. The average molecular weight is 561 g/mol. The van der Waals surface area contributed by atoms with Gasteiger partial charge < -0.3 is 24.8 Å². The molecule has 7 heteroatoms. The van der Waals surface area contributed by atoms with Crippen LogP contribution in [0.15, 0.2) is 77.8 Å². The number of methoxy groups -OCH3 is 2. The van der Waals surface area contributed by atoms with Gasteiger partial charge in [-0.3, -0.25) is 4.99 Å². The van der Waals surface area contributed by atoms with E-state index in [4.69, 9.17) is 14.2 Å². The van der Waals surface area contributed by atoms with Crippen LogP contribution in [0.5, 0.6) is 11.5 Å². The standard InChI is InChI=1S/C26H31N3O3.HI/c1-27-26(28-16-21-13-14-24(30-2)25(15-21)31-3)29-17-22-11-7-8-12-23(22)19-32-18-20-9-5-4-6-10-20;/h4-15H,16-19H2,1-3H3,(H2,27,28,29);1H. The lowest BCUT2D eigenvalue weighted by Gasteiger charge is -2.15. The molecule has 0 unspecified atom stereocenters. The number of halogens is 1. The molecular formula is C26H32IN3O3. The zero-order chi connectivity index (χ0) is 22.6. The van der Waals surface area contributed by atoms with Crippen LogP contribution < -0.4 is 20.1 Å². The monoisotopic (exact) mass is 561 g/mol. The van der Waals surface area contributed by atoms with E-state index in [1.54, 1.807) is 21.3 Å². The van der Waals surface area contributed by atoms with Crippen molar-refractivity contribution < 1.29 is 14.2 Å². The molecule has 0 aliphatic carbocycles. The number of nitrogens with zero attached hydrogens (tertiary/aromatic N) is 1. The lowest BCUT2D eigenvalue weighted by molar-refractivity contribution is 0.106. The van der Waals surface area contributed by atoms with Gasteiger partial charge in [0, 0.05) is 20.1 Å². The molecule has 6 nitrogen and oxygen atoms in total. The Morgan fingerprint density at radius 2 is 1.39 bits per heavy atom. The summed E-state index contributed by atoms with van der Waals surface area (Å²) in [6.45, 7) is 2.42. The molecule has 0 radical (unpaired) electrons. The Morgan fingerprint density at radius 3 is 2.09 bits per heavy atom. The van der Waals surface area contributed by atoms with E-state index in [0.717, 1.165) is 17.1 Å². The number of nitrogens with one attached hydrogen (secondary N) is 2. The molecule has 0 bridgehead atoms. The number of hydrogen-bond acceptors (Lipinski definition) is 4. The Bertz CT molecular complexity index is 1010. The Balaban J connectivity index is 0.00000385. The molecule has 3 aromatic carbocycles. The van der Waals surface area contributed by atoms with E-state index in [9.17, 15) is 0 Å². The van der Waals surface area contributed by atoms with Gasteiger partial charge in [-0.25, -0.2) is 0 Å². The predicted molar refractivity (Wildman–Crippen MR) is 143 cm³/mol. The molecule has 0 fully saturated rings. The summed E-state index contributed by atoms with van der Waals surface area (Å²) >= 11 is 0. The van der Waals surface area contributed by atoms with Crippen LogP contribution in [-0.2, 0) is 31.0 Å². The fraction of sp³-hybridized carbons (Fsp3) is 0.269. The fourth-order valence-corrected chi connectivity index (χ4v) is 3.30. The molecule has 0 aliphatic heterocycles. The molecule has 0 saturated heterocycles. The van der Waals surface area contributed by atoms with E-state index >= 15 is 0 Å². The van der Waals surface area contributed by atoms with Crippen LogP contribution in [0.1, 0.15) is 22.3 Å². The summed E-state index contributed by atoms with van der Waals surface area (Å²) in [5.41, 5.74) is 4.57. The second-order valence-corrected chi connectivity index (χ2v) is 7.22. The number of guanidine groups is 1. The summed E-state index contributed by atoms with van der Waals surface area (Å²) in [6, 6.07) is 24.3. The van der Waals surface area contributed by atoms with Gasteiger partial charge in [-0.15, -0.1) is 24.0 Å². The zero-order valence-electron chi connectivity index (χ0n) is 19.3. The van der Waals surface area contributed by atoms with E-state index < -0.39 is 0 Å². The number of hydrogen-bond donors (Lipinski definition) is 2. The summed E-state index contributed by atoms with van der Waals surface area (Å²) < 4.78 is 16.6. The normalized spacial score (nSPS) is 10.8. The van der Waals surface area contributed by atoms with E-state index in [0.29, 0.717) is 37.8 Å². The minimum absolute atomic E-state index is 0. The topological polar surface area (TPSA) is 64.1 Å². The molecule has 0 heterocycles. The summed E-state index contributed by atoms with van der Waals surface area (Å²) in [5, 5.41) is 6.72. The summed E-state index contributed by atoms with van der Waals surface area (Å²) in [4.78, 5) is 4.33. The van der Waals surface area contributed by atoms with Crippen LogP contribution in [0.3, 0.4) is 0 Å². The SMILES string of the molecule is CN=C(NCc1ccc(OC)c(OC)c1)NCc1ccccc1COCc1ccccc1.I. The van der Waals surface area contributed by atoms with Gasteiger partial charge >= 0.3 is 0 Å². The molecule has 33 heavy (non-hydrogen) atoms. The second-order valence-electron chi connectivity index (χ2n) is 7.22. The molecule has 176 valence electrons. The average Bonchev–Trinajstić information content (AvgIpc) is 2.85. The molecule has 2 N–H and O–H groups in total. The van der Waals surface area contributed by atoms with Gasteiger partial charge in [0.2, 0.25) is 0 Å². The van der Waals surface area contributed by atoms with Gasteiger partial charge in [-0.1, -0.05) is 60.7 Å². The number of rotatable bonds is 10. The van der Waals surface area contributed by atoms with Crippen molar-refractivity contribution in [2.45, 2.75) is 26.3 Å². The van der Waals surface area contributed by atoms with Gasteiger partial charge in [-0.2, -0.15) is 0 Å². The fourth-order valence-electron chi connectivity index (χ4n) is 3.30. The lowest BCUT2D eigenvalue weighted by Crippen LogP contribution is -2.36. The summed E-state index contributed by atoms with van der Waals surface area (Å²) in [6.07, 6.45) is 0. The van der Waals surface area contributed by atoms with Crippen LogP contribution in [0.25, 0.3) is 0 Å².